The molecule has 1 aliphatic carbocycles. The van der Waals surface area contributed by atoms with Gasteiger partial charge in [0.25, 0.3) is 5.56 Å². The molecule has 1 fully saturated rings. The van der Waals surface area contributed by atoms with E-state index in [1.54, 1.807) is 23.9 Å². The zero-order chi connectivity index (χ0) is 17.0. The number of urea groups is 1. The Morgan fingerprint density at radius 1 is 1.35 bits per heavy atom. The predicted octanol–water partition coefficient (Wildman–Crippen LogP) is 2.58. The van der Waals surface area contributed by atoms with Crippen LogP contribution in [0.15, 0.2) is 23.1 Å². The van der Waals surface area contributed by atoms with E-state index in [4.69, 9.17) is 4.74 Å². The molecule has 128 valence electrons. The predicted molar refractivity (Wildman–Crippen MR) is 90.7 cm³/mol. The maximum Gasteiger partial charge on any atom is 0.319 e. The average molecular weight is 321 g/mol. The Morgan fingerprint density at radius 3 is 2.61 bits per heavy atom. The highest BCUT2D eigenvalue weighted by Gasteiger charge is 2.53. The van der Waals surface area contributed by atoms with Crippen molar-refractivity contribution in [1.82, 2.24) is 9.88 Å². The number of carbonyl (C=O) groups is 1. The highest BCUT2D eigenvalue weighted by atomic mass is 16.5. The molecule has 2 atom stereocenters. The van der Waals surface area contributed by atoms with Gasteiger partial charge in [-0.2, -0.15) is 0 Å². The van der Waals surface area contributed by atoms with E-state index in [-0.39, 0.29) is 29.2 Å². The first kappa shape index (κ1) is 17.5. The van der Waals surface area contributed by atoms with Crippen molar-refractivity contribution in [2.24, 2.45) is 5.41 Å². The number of hydrogen-bond acceptors (Lipinski definition) is 3. The molecule has 1 aromatic heterocycles. The molecule has 0 aliphatic heterocycles. The number of methoxy groups -OCH3 is 1. The molecule has 23 heavy (non-hydrogen) atoms. The molecule has 6 nitrogen and oxygen atoms in total. The number of anilines is 1. The quantitative estimate of drug-likeness (QED) is 0.846. The van der Waals surface area contributed by atoms with Crippen LogP contribution >= 0.6 is 0 Å². The van der Waals surface area contributed by atoms with Crippen molar-refractivity contribution in [1.29, 1.82) is 0 Å². The molecule has 0 saturated heterocycles. The Bertz CT molecular complexity index is 607. The minimum Gasteiger partial charge on any atom is -0.381 e. The lowest BCUT2D eigenvalue weighted by Crippen LogP contribution is -2.64. The molecule has 2 unspecified atom stereocenters. The minimum atomic E-state index is -0.239. The van der Waals surface area contributed by atoms with Crippen molar-refractivity contribution in [3.63, 3.8) is 0 Å². The molecule has 6 heteroatoms. The number of aryl methyl sites for hydroxylation is 1. The SMILES string of the molecule is CCn1cc(NC(=O)NC2CC(OC)C2(CC)CC)ccc1=O. The lowest BCUT2D eigenvalue weighted by Gasteiger charge is -2.54. The first-order valence-corrected chi connectivity index (χ1v) is 8.31. The number of carbonyl (C=O) groups excluding carboxylic acids is 1. The first-order valence-electron chi connectivity index (χ1n) is 8.31. The van der Waals surface area contributed by atoms with Gasteiger partial charge >= 0.3 is 6.03 Å². The molecule has 1 heterocycles. The van der Waals surface area contributed by atoms with E-state index < -0.39 is 0 Å². The summed E-state index contributed by atoms with van der Waals surface area (Å²) in [6, 6.07) is 2.96. The summed E-state index contributed by atoms with van der Waals surface area (Å²) in [4.78, 5) is 23.8. The van der Waals surface area contributed by atoms with Crippen molar-refractivity contribution < 1.29 is 9.53 Å². The van der Waals surface area contributed by atoms with Gasteiger partial charge in [-0.1, -0.05) is 13.8 Å². The maximum atomic E-state index is 12.3. The summed E-state index contributed by atoms with van der Waals surface area (Å²) in [5, 5.41) is 5.87. The van der Waals surface area contributed by atoms with Gasteiger partial charge in [-0.05, 0) is 32.3 Å². The number of amides is 2. The van der Waals surface area contributed by atoms with Gasteiger partial charge in [0.2, 0.25) is 0 Å². The standard InChI is InChI=1S/C17H27N3O3/c1-5-17(6-2)13(10-14(17)23-4)19-16(22)18-12-8-9-15(21)20(7-3)11-12/h8-9,11,13-14H,5-7,10H2,1-4H3,(H2,18,19,22). The highest BCUT2D eigenvalue weighted by molar-refractivity contribution is 5.89. The van der Waals surface area contributed by atoms with Crippen LogP contribution in [-0.2, 0) is 11.3 Å². The van der Waals surface area contributed by atoms with Crippen LogP contribution in [0.1, 0.15) is 40.0 Å². The molecule has 1 aliphatic rings. The number of nitrogens with zero attached hydrogens (tertiary/aromatic N) is 1. The van der Waals surface area contributed by atoms with E-state index in [2.05, 4.69) is 24.5 Å². The minimum absolute atomic E-state index is 0.00823. The summed E-state index contributed by atoms with van der Waals surface area (Å²) in [6.07, 6.45) is 4.62. The van der Waals surface area contributed by atoms with Gasteiger partial charge in [-0.15, -0.1) is 0 Å². The van der Waals surface area contributed by atoms with Crippen molar-refractivity contribution >= 4 is 11.7 Å². The van der Waals surface area contributed by atoms with Gasteiger partial charge in [0.05, 0.1) is 11.8 Å². The highest BCUT2D eigenvalue weighted by Crippen LogP contribution is 2.48. The Balaban J connectivity index is 2.01. The van der Waals surface area contributed by atoms with E-state index in [1.165, 1.54) is 6.07 Å². The third-order valence-electron chi connectivity index (χ3n) is 5.27. The summed E-state index contributed by atoms with van der Waals surface area (Å²) in [5.74, 6) is 0. The van der Waals surface area contributed by atoms with E-state index in [1.807, 2.05) is 6.92 Å². The summed E-state index contributed by atoms with van der Waals surface area (Å²) in [5.41, 5.74) is 0.551. The van der Waals surface area contributed by atoms with Crippen molar-refractivity contribution in [2.45, 2.75) is 58.7 Å². The number of ether oxygens (including phenoxy) is 1. The molecule has 2 amide bonds. The Hall–Kier alpha value is -1.82. The fourth-order valence-electron chi connectivity index (χ4n) is 3.66. The summed E-state index contributed by atoms with van der Waals surface area (Å²) in [6.45, 7) is 6.74. The van der Waals surface area contributed by atoms with Crippen LogP contribution in [0.5, 0.6) is 0 Å². The summed E-state index contributed by atoms with van der Waals surface area (Å²) >= 11 is 0. The molecular weight excluding hydrogens is 294 g/mol. The largest absolute Gasteiger partial charge is 0.381 e. The molecule has 1 aromatic rings. The Labute approximate surface area is 137 Å². The lowest BCUT2D eigenvalue weighted by molar-refractivity contribution is -0.119. The molecule has 0 radical (unpaired) electrons. The number of hydrogen-bond donors (Lipinski definition) is 2. The van der Waals surface area contributed by atoms with Crippen molar-refractivity contribution in [3.05, 3.63) is 28.7 Å². The van der Waals surface area contributed by atoms with E-state index in [0.717, 1.165) is 19.3 Å². The normalized spacial score (nSPS) is 22.3. The number of aromatic nitrogens is 1. The number of pyridine rings is 1. The zero-order valence-corrected chi connectivity index (χ0v) is 14.4. The van der Waals surface area contributed by atoms with Gasteiger partial charge in [0.1, 0.15) is 0 Å². The van der Waals surface area contributed by atoms with Crippen LogP contribution in [0.3, 0.4) is 0 Å². The fourth-order valence-corrected chi connectivity index (χ4v) is 3.66. The second-order valence-electron chi connectivity index (χ2n) is 6.09. The van der Waals surface area contributed by atoms with Crippen LogP contribution in [0.4, 0.5) is 10.5 Å². The van der Waals surface area contributed by atoms with Crippen molar-refractivity contribution in [2.75, 3.05) is 12.4 Å². The van der Waals surface area contributed by atoms with E-state index in [0.29, 0.717) is 12.2 Å². The van der Waals surface area contributed by atoms with E-state index >= 15 is 0 Å². The zero-order valence-electron chi connectivity index (χ0n) is 14.4. The molecule has 0 bridgehead atoms. The average Bonchev–Trinajstić information content (AvgIpc) is 2.54. The second kappa shape index (κ2) is 7.17. The van der Waals surface area contributed by atoms with Crippen LogP contribution in [0.25, 0.3) is 0 Å². The molecular formula is C17H27N3O3. The van der Waals surface area contributed by atoms with Crippen LogP contribution in [-0.4, -0.2) is 29.9 Å². The van der Waals surface area contributed by atoms with Gasteiger partial charge in [0, 0.05) is 37.4 Å². The van der Waals surface area contributed by atoms with Gasteiger partial charge < -0.3 is 19.9 Å². The molecule has 1 saturated carbocycles. The van der Waals surface area contributed by atoms with Crippen LogP contribution in [0.2, 0.25) is 0 Å². The fraction of sp³-hybridized carbons (Fsp3) is 0.647. The summed E-state index contributed by atoms with van der Waals surface area (Å²) < 4.78 is 7.11. The molecule has 2 rings (SSSR count). The Kier molecular flexibility index (Phi) is 5.46. The van der Waals surface area contributed by atoms with Crippen molar-refractivity contribution in [3.8, 4) is 0 Å². The summed E-state index contributed by atoms with van der Waals surface area (Å²) in [7, 11) is 1.73. The van der Waals surface area contributed by atoms with Crippen LogP contribution in [0, 0.1) is 5.41 Å². The number of nitrogens with one attached hydrogen (secondary N) is 2. The third kappa shape index (κ3) is 3.27. The van der Waals surface area contributed by atoms with Crippen LogP contribution < -0.4 is 16.2 Å². The smallest absolute Gasteiger partial charge is 0.319 e. The monoisotopic (exact) mass is 321 g/mol. The van der Waals surface area contributed by atoms with Gasteiger partial charge in [-0.3, -0.25) is 4.79 Å². The third-order valence-corrected chi connectivity index (χ3v) is 5.27. The Morgan fingerprint density at radius 2 is 2.04 bits per heavy atom. The van der Waals surface area contributed by atoms with E-state index in [9.17, 15) is 9.59 Å². The molecule has 0 aromatic carbocycles. The molecule has 2 N–H and O–H groups in total. The van der Waals surface area contributed by atoms with Gasteiger partial charge in [-0.25, -0.2) is 4.79 Å². The first-order chi connectivity index (χ1) is 11.0. The van der Waals surface area contributed by atoms with Gasteiger partial charge in [0.15, 0.2) is 0 Å². The second-order valence-corrected chi connectivity index (χ2v) is 6.09. The number of rotatable bonds is 6. The molecule has 0 spiro atoms. The lowest BCUT2D eigenvalue weighted by atomic mass is 9.58. The maximum absolute atomic E-state index is 12.3. The topological polar surface area (TPSA) is 72.4 Å².